The first kappa shape index (κ1) is 14.5. The highest BCUT2D eigenvalue weighted by Crippen LogP contribution is 2.25. The van der Waals surface area contributed by atoms with Crippen LogP contribution in [0.2, 0.25) is 0 Å². The molecule has 0 aliphatic rings. The molecule has 0 saturated carbocycles. The quantitative estimate of drug-likeness (QED) is 0.929. The largest absolute Gasteiger partial charge is 0.497 e. The molecule has 2 aromatic rings. The van der Waals surface area contributed by atoms with Gasteiger partial charge in [-0.3, -0.25) is 0 Å². The fraction of sp³-hybridized carbons (Fsp3) is 0.250. The Balaban J connectivity index is 2.22. The molecule has 0 amide bonds. The third kappa shape index (κ3) is 3.14. The molecule has 2 nitrogen and oxygen atoms in total. The molecule has 0 fully saturated rings. The number of hydrogen-bond donors (Lipinski definition) is 1. The molecule has 2 N–H and O–H groups in total. The Hall–Kier alpha value is -1.94. The predicted octanol–water partition coefficient (Wildman–Crippen LogP) is 3.39. The van der Waals surface area contributed by atoms with Gasteiger partial charge in [0.1, 0.15) is 5.75 Å². The molecule has 0 bridgehead atoms. The summed E-state index contributed by atoms with van der Waals surface area (Å²) < 4.78 is 31.4. The zero-order chi connectivity index (χ0) is 14.8. The van der Waals surface area contributed by atoms with Crippen molar-refractivity contribution in [3.63, 3.8) is 0 Å². The number of nitrogens with two attached hydrogens (primary N) is 1. The van der Waals surface area contributed by atoms with Gasteiger partial charge in [0, 0.05) is 5.54 Å². The van der Waals surface area contributed by atoms with Crippen molar-refractivity contribution in [2.24, 2.45) is 5.73 Å². The maximum Gasteiger partial charge on any atom is 0.159 e. The Kier molecular flexibility index (Phi) is 4.04. The van der Waals surface area contributed by atoms with Gasteiger partial charge in [-0.15, -0.1) is 0 Å². The number of halogens is 2. The first-order chi connectivity index (χ1) is 9.42. The highest BCUT2D eigenvalue weighted by Gasteiger charge is 2.23. The van der Waals surface area contributed by atoms with Crippen LogP contribution in [0, 0.1) is 11.6 Å². The zero-order valence-electron chi connectivity index (χ0n) is 11.5. The number of ether oxygens (including phenoxy) is 1. The van der Waals surface area contributed by atoms with Crippen molar-refractivity contribution < 1.29 is 13.5 Å². The number of hydrogen-bond acceptors (Lipinski definition) is 2. The topological polar surface area (TPSA) is 35.2 Å². The lowest BCUT2D eigenvalue weighted by molar-refractivity contribution is 0.414. The van der Waals surface area contributed by atoms with E-state index < -0.39 is 17.2 Å². The van der Waals surface area contributed by atoms with Crippen LogP contribution in [0.25, 0.3) is 0 Å². The van der Waals surface area contributed by atoms with Crippen LogP contribution in [-0.4, -0.2) is 7.11 Å². The standard InChI is InChI=1S/C16H17F2NO/c1-16(19,12-5-8-14(17)15(18)9-12)10-11-3-6-13(20-2)7-4-11/h3-9H,10,19H2,1-2H3. The first-order valence-electron chi connectivity index (χ1n) is 6.30. The Morgan fingerprint density at radius 2 is 1.70 bits per heavy atom. The normalized spacial score (nSPS) is 13.8. The molecule has 1 atom stereocenters. The smallest absolute Gasteiger partial charge is 0.159 e. The minimum atomic E-state index is -0.881. The van der Waals surface area contributed by atoms with Crippen molar-refractivity contribution >= 4 is 0 Å². The first-order valence-corrected chi connectivity index (χ1v) is 6.30. The molecule has 4 heteroatoms. The molecule has 1 unspecified atom stereocenters. The summed E-state index contributed by atoms with van der Waals surface area (Å²) in [5.74, 6) is -0.983. The van der Waals surface area contributed by atoms with Crippen molar-refractivity contribution in [2.75, 3.05) is 7.11 Å². The van der Waals surface area contributed by atoms with Gasteiger partial charge < -0.3 is 10.5 Å². The fourth-order valence-electron chi connectivity index (χ4n) is 2.12. The summed E-state index contributed by atoms with van der Waals surface area (Å²) in [6.07, 6.45) is 0.516. The van der Waals surface area contributed by atoms with Crippen molar-refractivity contribution in [1.82, 2.24) is 0 Å². The summed E-state index contributed by atoms with van der Waals surface area (Å²) in [7, 11) is 1.60. The van der Waals surface area contributed by atoms with Gasteiger partial charge in [0.2, 0.25) is 0 Å². The van der Waals surface area contributed by atoms with Gasteiger partial charge in [-0.05, 0) is 48.7 Å². The Morgan fingerprint density at radius 1 is 1.05 bits per heavy atom. The van der Waals surface area contributed by atoms with Crippen LogP contribution in [0.15, 0.2) is 42.5 Å². The summed E-state index contributed by atoms with van der Waals surface area (Å²) >= 11 is 0. The molecule has 2 rings (SSSR count). The Bertz CT molecular complexity index is 594. The van der Waals surface area contributed by atoms with E-state index in [0.29, 0.717) is 12.0 Å². The van der Waals surface area contributed by atoms with Crippen LogP contribution in [0.4, 0.5) is 8.78 Å². The average molecular weight is 277 g/mol. The van der Waals surface area contributed by atoms with E-state index in [2.05, 4.69) is 0 Å². The Morgan fingerprint density at radius 3 is 2.25 bits per heavy atom. The molecule has 2 aromatic carbocycles. The molecule has 0 spiro atoms. The Labute approximate surface area is 117 Å². The number of rotatable bonds is 4. The lowest BCUT2D eigenvalue weighted by atomic mass is 9.86. The summed E-state index contributed by atoms with van der Waals surface area (Å²) in [6, 6.07) is 11.3. The van der Waals surface area contributed by atoms with Crippen LogP contribution >= 0.6 is 0 Å². The lowest BCUT2D eigenvalue weighted by Gasteiger charge is -2.25. The van der Waals surface area contributed by atoms with Gasteiger partial charge in [0.05, 0.1) is 7.11 Å². The maximum absolute atomic E-state index is 13.3. The molecule has 0 aromatic heterocycles. The second kappa shape index (κ2) is 5.59. The van der Waals surface area contributed by atoms with Gasteiger partial charge in [-0.25, -0.2) is 8.78 Å². The van der Waals surface area contributed by atoms with Crippen LogP contribution < -0.4 is 10.5 Å². The third-order valence-corrected chi connectivity index (χ3v) is 3.31. The average Bonchev–Trinajstić information content (AvgIpc) is 2.42. The van der Waals surface area contributed by atoms with Crippen LogP contribution in [0.3, 0.4) is 0 Å². The van der Waals surface area contributed by atoms with Crippen molar-refractivity contribution in [2.45, 2.75) is 18.9 Å². The fourth-order valence-corrected chi connectivity index (χ4v) is 2.12. The maximum atomic E-state index is 13.3. The minimum absolute atomic E-state index is 0.516. The molecule has 106 valence electrons. The summed E-state index contributed by atoms with van der Waals surface area (Å²) in [4.78, 5) is 0. The molecule has 0 aliphatic carbocycles. The van der Waals surface area contributed by atoms with Crippen LogP contribution in [-0.2, 0) is 12.0 Å². The van der Waals surface area contributed by atoms with Gasteiger partial charge >= 0.3 is 0 Å². The van der Waals surface area contributed by atoms with Crippen molar-refractivity contribution in [1.29, 1.82) is 0 Å². The van der Waals surface area contributed by atoms with E-state index in [9.17, 15) is 8.78 Å². The molecule has 0 heterocycles. The number of methoxy groups -OCH3 is 1. The second-order valence-electron chi connectivity index (χ2n) is 5.07. The van der Waals surface area contributed by atoms with Gasteiger partial charge in [-0.1, -0.05) is 18.2 Å². The molecule has 20 heavy (non-hydrogen) atoms. The van der Waals surface area contributed by atoms with Gasteiger partial charge in [-0.2, -0.15) is 0 Å². The monoisotopic (exact) mass is 277 g/mol. The lowest BCUT2D eigenvalue weighted by Crippen LogP contribution is -2.35. The molecule has 0 radical (unpaired) electrons. The summed E-state index contributed by atoms with van der Waals surface area (Å²) in [5, 5.41) is 0. The molecule has 0 aliphatic heterocycles. The van der Waals surface area contributed by atoms with Gasteiger partial charge in [0.25, 0.3) is 0 Å². The van der Waals surface area contributed by atoms with E-state index in [4.69, 9.17) is 10.5 Å². The van der Waals surface area contributed by atoms with Gasteiger partial charge in [0.15, 0.2) is 11.6 Å². The van der Waals surface area contributed by atoms with Crippen LogP contribution in [0.1, 0.15) is 18.1 Å². The minimum Gasteiger partial charge on any atom is -0.497 e. The molecular formula is C16H17F2NO. The van der Waals surface area contributed by atoms with E-state index in [0.717, 1.165) is 23.4 Å². The van der Waals surface area contributed by atoms with E-state index in [1.807, 2.05) is 24.3 Å². The summed E-state index contributed by atoms with van der Waals surface area (Å²) in [5.41, 5.74) is 7.03. The van der Waals surface area contributed by atoms with Crippen molar-refractivity contribution in [3.05, 3.63) is 65.2 Å². The second-order valence-corrected chi connectivity index (χ2v) is 5.07. The predicted molar refractivity (Wildman–Crippen MR) is 74.6 cm³/mol. The summed E-state index contributed by atoms with van der Waals surface area (Å²) in [6.45, 7) is 1.80. The SMILES string of the molecule is COc1ccc(CC(C)(N)c2ccc(F)c(F)c2)cc1. The van der Waals surface area contributed by atoms with E-state index in [1.54, 1.807) is 14.0 Å². The van der Waals surface area contributed by atoms with E-state index in [-0.39, 0.29) is 0 Å². The highest BCUT2D eigenvalue weighted by atomic mass is 19.2. The third-order valence-electron chi connectivity index (χ3n) is 3.31. The van der Waals surface area contributed by atoms with Crippen LogP contribution in [0.5, 0.6) is 5.75 Å². The van der Waals surface area contributed by atoms with E-state index in [1.165, 1.54) is 6.07 Å². The molecule has 0 saturated heterocycles. The molecular weight excluding hydrogens is 260 g/mol. The van der Waals surface area contributed by atoms with E-state index >= 15 is 0 Å². The number of benzene rings is 2. The zero-order valence-corrected chi connectivity index (χ0v) is 11.5. The van der Waals surface area contributed by atoms with Crippen molar-refractivity contribution in [3.8, 4) is 5.75 Å². The highest BCUT2D eigenvalue weighted by molar-refractivity contribution is 5.31.